The molecule has 30 heavy (non-hydrogen) atoms. The van der Waals surface area contributed by atoms with E-state index in [-0.39, 0.29) is 19.1 Å². The molecule has 2 aromatic carbocycles. The van der Waals surface area contributed by atoms with Crippen LogP contribution >= 0.6 is 0 Å². The van der Waals surface area contributed by atoms with E-state index in [1.807, 2.05) is 22.8 Å². The molecule has 0 saturated carbocycles. The Morgan fingerprint density at radius 3 is 2.77 bits per heavy atom. The first-order valence-electron chi connectivity index (χ1n) is 9.01. The Morgan fingerprint density at radius 1 is 1.20 bits per heavy atom. The van der Waals surface area contributed by atoms with Gasteiger partial charge in [0.15, 0.2) is 12.4 Å². The van der Waals surface area contributed by atoms with E-state index >= 15 is 0 Å². The number of hydrazine groups is 2. The summed E-state index contributed by atoms with van der Waals surface area (Å²) in [7, 11) is 1.59. The summed E-state index contributed by atoms with van der Waals surface area (Å²) in [6.07, 6.45) is 1.61. The van der Waals surface area contributed by atoms with Crippen LogP contribution in [0.4, 0.5) is 4.39 Å². The average molecular weight is 407 g/mol. The minimum absolute atomic E-state index is 0.124. The number of methoxy groups -OCH3 is 1. The van der Waals surface area contributed by atoms with Gasteiger partial charge in [-0.05, 0) is 42.5 Å². The Morgan fingerprint density at radius 2 is 2.00 bits per heavy atom. The van der Waals surface area contributed by atoms with Crippen LogP contribution in [0.5, 0.6) is 11.5 Å². The highest BCUT2D eigenvalue weighted by molar-refractivity contribution is 6.02. The molecular weight excluding hydrogens is 389 g/mol. The van der Waals surface area contributed by atoms with E-state index in [0.29, 0.717) is 28.7 Å². The van der Waals surface area contributed by atoms with Gasteiger partial charge in [0, 0.05) is 5.56 Å². The lowest BCUT2D eigenvalue weighted by molar-refractivity contribution is 0.254. The normalized spacial score (nSPS) is 12.1. The Balaban J connectivity index is 1.47. The summed E-state index contributed by atoms with van der Waals surface area (Å²) in [4.78, 5) is 8.74. The Kier molecular flexibility index (Phi) is 5.56. The van der Waals surface area contributed by atoms with Gasteiger partial charge in [0.2, 0.25) is 0 Å². The molecule has 3 aromatic rings. The van der Waals surface area contributed by atoms with Crippen molar-refractivity contribution in [2.24, 2.45) is 4.99 Å². The van der Waals surface area contributed by atoms with Crippen molar-refractivity contribution in [1.82, 2.24) is 25.9 Å². The van der Waals surface area contributed by atoms with Crippen molar-refractivity contribution in [2.75, 3.05) is 13.8 Å². The number of fused-ring (bicyclic) bond motifs is 3. The number of nitrogens with one attached hydrogen (secondary N) is 3. The monoisotopic (exact) mass is 407 g/mol. The first-order valence-corrected chi connectivity index (χ1v) is 9.01. The number of imidazole rings is 1. The van der Waals surface area contributed by atoms with Crippen LogP contribution in [0.15, 0.2) is 53.8 Å². The second-order valence-electron chi connectivity index (χ2n) is 6.24. The highest BCUT2D eigenvalue weighted by Gasteiger charge is 2.21. The van der Waals surface area contributed by atoms with E-state index in [1.54, 1.807) is 13.4 Å². The second kappa shape index (κ2) is 8.60. The zero-order chi connectivity index (χ0) is 20.9. The number of halogens is 1. The summed E-state index contributed by atoms with van der Waals surface area (Å²) in [5, 5.41) is 9.31. The lowest BCUT2D eigenvalue weighted by Crippen LogP contribution is -2.48. The third-order valence-corrected chi connectivity index (χ3v) is 4.47. The van der Waals surface area contributed by atoms with E-state index in [4.69, 9.17) is 9.47 Å². The van der Waals surface area contributed by atoms with Crippen molar-refractivity contribution in [1.29, 1.82) is 5.26 Å². The number of aromatic nitrogens is 2. The Labute approximate surface area is 171 Å². The fourth-order valence-electron chi connectivity index (χ4n) is 3.00. The molecule has 1 aliphatic heterocycles. The van der Waals surface area contributed by atoms with Crippen molar-refractivity contribution in [3.05, 3.63) is 71.6 Å². The van der Waals surface area contributed by atoms with Gasteiger partial charge in [-0.25, -0.2) is 14.8 Å². The van der Waals surface area contributed by atoms with E-state index in [9.17, 15) is 9.65 Å². The van der Waals surface area contributed by atoms with Gasteiger partial charge in [-0.1, -0.05) is 0 Å². The van der Waals surface area contributed by atoms with Crippen LogP contribution in [-0.2, 0) is 6.54 Å². The SMILES string of the molecule is COc1ccc2c(c1)C(NNNCOc1ccc(F)cc1)=NCc1c(C#N)ncn1-2. The number of ether oxygens (including phenoxy) is 2. The topological polar surface area (TPSA) is 109 Å². The number of nitriles is 1. The van der Waals surface area contributed by atoms with Crippen molar-refractivity contribution in [3.8, 4) is 23.3 Å². The van der Waals surface area contributed by atoms with Gasteiger partial charge in [0.1, 0.15) is 35.5 Å². The molecule has 0 unspecified atom stereocenters. The average Bonchev–Trinajstić information content (AvgIpc) is 3.12. The van der Waals surface area contributed by atoms with Crippen LogP contribution < -0.4 is 25.9 Å². The van der Waals surface area contributed by atoms with Crippen LogP contribution in [0.1, 0.15) is 17.0 Å². The minimum atomic E-state index is -0.323. The standard InChI is InChI=1S/C20H18FN7O2/c1-29-15-6-7-18-16(8-15)20(23-10-19-17(9-22)24-11-28(18)19)26-27-25-12-30-14-4-2-13(21)3-5-14/h2-8,11,25,27H,10,12H2,1H3,(H,23,26). The third-order valence-electron chi connectivity index (χ3n) is 4.47. The number of amidine groups is 1. The van der Waals surface area contributed by atoms with Crippen molar-refractivity contribution in [3.63, 3.8) is 0 Å². The van der Waals surface area contributed by atoms with Gasteiger partial charge in [-0.15, -0.1) is 0 Å². The van der Waals surface area contributed by atoms with E-state index in [2.05, 4.69) is 32.4 Å². The molecule has 1 aliphatic rings. The van der Waals surface area contributed by atoms with Crippen LogP contribution in [0.2, 0.25) is 0 Å². The highest BCUT2D eigenvalue weighted by Crippen LogP contribution is 2.26. The first kappa shape index (κ1) is 19.4. The number of hydrogen-bond donors (Lipinski definition) is 3. The lowest BCUT2D eigenvalue weighted by Gasteiger charge is -2.15. The molecule has 0 spiro atoms. The van der Waals surface area contributed by atoms with E-state index in [1.165, 1.54) is 24.3 Å². The largest absolute Gasteiger partial charge is 0.497 e. The number of hydrogen-bond acceptors (Lipinski definition) is 8. The molecule has 2 heterocycles. The highest BCUT2D eigenvalue weighted by atomic mass is 19.1. The Hall–Kier alpha value is -3.94. The summed E-state index contributed by atoms with van der Waals surface area (Å²) in [5.41, 5.74) is 11.3. The second-order valence-corrected chi connectivity index (χ2v) is 6.24. The molecule has 152 valence electrons. The predicted octanol–water partition coefficient (Wildman–Crippen LogP) is 1.79. The van der Waals surface area contributed by atoms with Crippen LogP contribution in [-0.4, -0.2) is 29.2 Å². The summed E-state index contributed by atoms with van der Waals surface area (Å²) in [6.45, 7) is 0.398. The maximum atomic E-state index is 12.9. The maximum absolute atomic E-state index is 12.9. The van der Waals surface area contributed by atoms with E-state index < -0.39 is 0 Å². The molecule has 1 aromatic heterocycles. The van der Waals surface area contributed by atoms with Crippen LogP contribution in [0.25, 0.3) is 5.69 Å². The fourth-order valence-corrected chi connectivity index (χ4v) is 3.00. The molecular formula is C20H18FN7O2. The smallest absolute Gasteiger partial charge is 0.163 e. The minimum Gasteiger partial charge on any atom is -0.497 e. The van der Waals surface area contributed by atoms with Crippen molar-refractivity contribution >= 4 is 5.84 Å². The van der Waals surface area contributed by atoms with Gasteiger partial charge >= 0.3 is 0 Å². The number of rotatable bonds is 6. The molecule has 9 nitrogen and oxygen atoms in total. The molecule has 0 amide bonds. The summed E-state index contributed by atoms with van der Waals surface area (Å²) in [6, 6.07) is 13.4. The van der Waals surface area contributed by atoms with Crippen molar-refractivity contribution in [2.45, 2.75) is 6.54 Å². The summed E-state index contributed by atoms with van der Waals surface area (Å²) >= 11 is 0. The molecule has 3 N–H and O–H groups in total. The molecule has 4 rings (SSSR count). The van der Waals surface area contributed by atoms with Gasteiger partial charge < -0.3 is 9.47 Å². The molecule has 10 heteroatoms. The van der Waals surface area contributed by atoms with Gasteiger partial charge in [-0.3, -0.25) is 15.0 Å². The summed E-state index contributed by atoms with van der Waals surface area (Å²) < 4.78 is 25.6. The Bertz CT molecular complexity index is 1120. The van der Waals surface area contributed by atoms with Gasteiger partial charge in [-0.2, -0.15) is 10.8 Å². The van der Waals surface area contributed by atoms with Gasteiger partial charge in [0.25, 0.3) is 0 Å². The number of nitrogens with zero attached hydrogens (tertiary/aromatic N) is 4. The quantitative estimate of drug-likeness (QED) is 0.325. The molecule has 0 aliphatic carbocycles. The molecule has 0 bridgehead atoms. The fraction of sp³-hybridized carbons (Fsp3) is 0.150. The van der Waals surface area contributed by atoms with Crippen LogP contribution in [0.3, 0.4) is 0 Å². The lowest BCUT2D eigenvalue weighted by atomic mass is 10.1. The molecule has 0 atom stereocenters. The summed E-state index contributed by atoms with van der Waals surface area (Å²) in [5.74, 6) is 1.42. The number of benzene rings is 2. The maximum Gasteiger partial charge on any atom is 0.163 e. The zero-order valence-electron chi connectivity index (χ0n) is 16.0. The number of aliphatic imine (C=N–C) groups is 1. The molecule has 0 saturated heterocycles. The van der Waals surface area contributed by atoms with E-state index in [0.717, 1.165) is 11.3 Å². The first-order chi connectivity index (χ1) is 14.7. The van der Waals surface area contributed by atoms with Crippen molar-refractivity contribution < 1.29 is 13.9 Å². The zero-order valence-corrected chi connectivity index (χ0v) is 16.0. The molecule has 0 radical (unpaired) electrons. The van der Waals surface area contributed by atoms with Crippen LogP contribution in [0, 0.1) is 17.1 Å². The van der Waals surface area contributed by atoms with Gasteiger partial charge in [0.05, 0.1) is 25.0 Å². The third kappa shape index (κ3) is 3.93. The predicted molar refractivity (Wildman–Crippen MR) is 106 cm³/mol. The molecule has 0 fully saturated rings.